The molecule has 2 nitrogen and oxygen atoms in total. The van der Waals surface area contributed by atoms with E-state index in [1.54, 1.807) is 6.07 Å². The fourth-order valence-electron chi connectivity index (χ4n) is 5.39. The summed E-state index contributed by atoms with van der Waals surface area (Å²) in [4.78, 5) is 0. The lowest BCUT2D eigenvalue weighted by molar-refractivity contribution is -0.214. The number of hydrogen-bond donors (Lipinski definition) is 0. The first-order valence-corrected chi connectivity index (χ1v) is 11.2. The third kappa shape index (κ3) is 4.59. The highest BCUT2D eigenvalue weighted by molar-refractivity contribution is 5.28. The van der Waals surface area contributed by atoms with Crippen molar-refractivity contribution >= 4 is 0 Å². The van der Waals surface area contributed by atoms with Gasteiger partial charge >= 0.3 is 0 Å². The summed E-state index contributed by atoms with van der Waals surface area (Å²) >= 11 is 0. The Morgan fingerprint density at radius 2 is 1.57 bits per heavy atom. The van der Waals surface area contributed by atoms with E-state index in [-0.39, 0.29) is 24.3 Å². The molecule has 4 rings (SSSR count). The van der Waals surface area contributed by atoms with Gasteiger partial charge in [-0.3, -0.25) is 4.39 Å². The minimum atomic E-state index is -0.454. The number of halogens is 2. The molecule has 2 saturated carbocycles. The number of alkyl halides is 1. The molecule has 3 fully saturated rings. The van der Waals surface area contributed by atoms with Crippen molar-refractivity contribution in [2.24, 2.45) is 23.7 Å². The van der Waals surface area contributed by atoms with Crippen molar-refractivity contribution in [2.75, 3.05) is 19.9 Å². The van der Waals surface area contributed by atoms with E-state index < -0.39 is 6.29 Å². The van der Waals surface area contributed by atoms with Crippen molar-refractivity contribution in [3.05, 3.63) is 35.1 Å². The van der Waals surface area contributed by atoms with Crippen LogP contribution in [0.3, 0.4) is 0 Å². The van der Waals surface area contributed by atoms with Crippen molar-refractivity contribution in [3.63, 3.8) is 0 Å². The molecule has 28 heavy (non-hydrogen) atoms. The van der Waals surface area contributed by atoms with E-state index in [9.17, 15) is 8.78 Å². The highest BCUT2D eigenvalue weighted by atomic mass is 19.1. The average Bonchev–Trinajstić information content (AvgIpc) is 2.74. The van der Waals surface area contributed by atoms with E-state index in [2.05, 4.69) is 6.92 Å². The number of benzene rings is 1. The maximum Gasteiger partial charge on any atom is 0.183 e. The highest BCUT2D eigenvalue weighted by Crippen LogP contribution is 2.39. The molecule has 1 aliphatic heterocycles. The Bertz CT molecular complexity index is 625. The molecular formula is C24H34F2O2. The first-order chi connectivity index (χ1) is 13.6. The van der Waals surface area contributed by atoms with Gasteiger partial charge in [0.25, 0.3) is 0 Å². The van der Waals surface area contributed by atoms with Crippen LogP contribution in [0.5, 0.6) is 0 Å². The van der Waals surface area contributed by atoms with Gasteiger partial charge in [0.05, 0.1) is 19.9 Å². The second-order valence-electron chi connectivity index (χ2n) is 9.43. The minimum absolute atomic E-state index is 0.169. The fourth-order valence-corrected chi connectivity index (χ4v) is 5.39. The van der Waals surface area contributed by atoms with E-state index in [0.717, 1.165) is 42.7 Å². The lowest BCUT2D eigenvalue weighted by Gasteiger charge is -2.37. The van der Waals surface area contributed by atoms with Gasteiger partial charge in [-0.25, -0.2) is 4.39 Å². The Morgan fingerprint density at radius 3 is 2.18 bits per heavy atom. The quantitative estimate of drug-likeness (QED) is 0.578. The van der Waals surface area contributed by atoms with E-state index in [1.165, 1.54) is 25.7 Å². The molecule has 1 aromatic carbocycles. The smallest absolute Gasteiger partial charge is 0.183 e. The van der Waals surface area contributed by atoms with Crippen LogP contribution >= 0.6 is 0 Å². The predicted molar refractivity (Wildman–Crippen MR) is 106 cm³/mol. The Kier molecular flexibility index (Phi) is 6.67. The highest BCUT2D eigenvalue weighted by Gasteiger charge is 2.32. The molecule has 0 atom stereocenters. The lowest BCUT2D eigenvalue weighted by atomic mass is 9.76. The van der Waals surface area contributed by atoms with Gasteiger partial charge in [0.15, 0.2) is 6.29 Å². The van der Waals surface area contributed by atoms with E-state index in [4.69, 9.17) is 9.47 Å². The first-order valence-electron chi connectivity index (χ1n) is 11.2. The van der Waals surface area contributed by atoms with E-state index >= 15 is 0 Å². The summed E-state index contributed by atoms with van der Waals surface area (Å²) in [7, 11) is 0. The van der Waals surface area contributed by atoms with Gasteiger partial charge in [0, 0.05) is 11.5 Å². The SMILES string of the molecule is CC1CCC(C2COC(c3ccc(C4CCC(CF)CC4)c(F)c3)OC2)CC1. The van der Waals surface area contributed by atoms with Crippen LogP contribution in [0.4, 0.5) is 8.78 Å². The fraction of sp³-hybridized carbons (Fsp3) is 0.750. The Morgan fingerprint density at radius 1 is 0.893 bits per heavy atom. The summed E-state index contributed by atoms with van der Waals surface area (Å²) in [6.45, 7) is 3.51. The van der Waals surface area contributed by atoms with Crippen molar-refractivity contribution in [1.82, 2.24) is 0 Å². The number of rotatable bonds is 4. The largest absolute Gasteiger partial charge is 0.348 e. The summed E-state index contributed by atoms with van der Waals surface area (Å²) in [6, 6.07) is 5.43. The Labute approximate surface area is 168 Å². The van der Waals surface area contributed by atoms with Gasteiger partial charge < -0.3 is 9.47 Å². The third-order valence-corrected chi connectivity index (χ3v) is 7.45. The zero-order chi connectivity index (χ0) is 19.5. The van der Waals surface area contributed by atoms with Crippen molar-refractivity contribution < 1.29 is 18.3 Å². The molecule has 1 heterocycles. The minimum Gasteiger partial charge on any atom is -0.348 e. The van der Waals surface area contributed by atoms with Crippen LogP contribution < -0.4 is 0 Å². The van der Waals surface area contributed by atoms with Crippen LogP contribution in [0, 0.1) is 29.5 Å². The van der Waals surface area contributed by atoms with Crippen LogP contribution in [-0.4, -0.2) is 19.9 Å². The molecular weight excluding hydrogens is 358 g/mol. The molecule has 0 spiro atoms. The van der Waals surface area contributed by atoms with Gasteiger partial charge in [-0.1, -0.05) is 31.9 Å². The molecule has 0 N–H and O–H groups in total. The molecule has 0 unspecified atom stereocenters. The topological polar surface area (TPSA) is 18.5 Å². The van der Waals surface area contributed by atoms with Gasteiger partial charge in [-0.15, -0.1) is 0 Å². The van der Waals surface area contributed by atoms with Gasteiger partial charge in [0.2, 0.25) is 0 Å². The first kappa shape index (κ1) is 20.3. The molecule has 1 aromatic rings. The molecule has 3 aliphatic rings. The second-order valence-corrected chi connectivity index (χ2v) is 9.43. The maximum absolute atomic E-state index is 14.8. The maximum atomic E-state index is 14.8. The zero-order valence-corrected chi connectivity index (χ0v) is 17.0. The normalized spacial score (nSPS) is 37.0. The summed E-state index contributed by atoms with van der Waals surface area (Å²) in [5.74, 6) is 2.24. The molecule has 156 valence electrons. The van der Waals surface area contributed by atoms with Crippen molar-refractivity contribution in [1.29, 1.82) is 0 Å². The second kappa shape index (κ2) is 9.21. The van der Waals surface area contributed by atoms with Crippen molar-refractivity contribution in [3.8, 4) is 0 Å². The van der Waals surface area contributed by atoms with E-state index in [0.29, 0.717) is 25.0 Å². The number of ether oxygens (including phenoxy) is 2. The summed E-state index contributed by atoms with van der Waals surface area (Å²) < 4.78 is 39.6. The van der Waals surface area contributed by atoms with Crippen LogP contribution in [0.15, 0.2) is 18.2 Å². The molecule has 0 radical (unpaired) electrons. The summed E-state index contributed by atoms with van der Waals surface area (Å²) in [5.41, 5.74) is 1.54. The van der Waals surface area contributed by atoms with E-state index in [1.807, 2.05) is 12.1 Å². The zero-order valence-electron chi connectivity index (χ0n) is 17.0. The van der Waals surface area contributed by atoms with Gasteiger partial charge in [-0.05, 0) is 73.8 Å². The molecule has 0 bridgehead atoms. The Hall–Kier alpha value is -1.00. The Balaban J connectivity index is 1.32. The van der Waals surface area contributed by atoms with Crippen LogP contribution in [0.2, 0.25) is 0 Å². The van der Waals surface area contributed by atoms with Crippen LogP contribution in [0.1, 0.15) is 81.6 Å². The molecule has 2 aliphatic carbocycles. The predicted octanol–water partition coefficient (Wildman–Crippen LogP) is 6.56. The van der Waals surface area contributed by atoms with Crippen LogP contribution in [0.25, 0.3) is 0 Å². The monoisotopic (exact) mass is 392 g/mol. The van der Waals surface area contributed by atoms with Crippen LogP contribution in [-0.2, 0) is 9.47 Å². The van der Waals surface area contributed by atoms with Gasteiger partial charge in [0.1, 0.15) is 5.82 Å². The van der Waals surface area contributed by atoms with Gasteiger partial charge in [-0.2, -0.15) is 0 Å². The molecule has 0 amide bonds. The summed E-state index contributed by atoms with van der Waals surface area (Å²) in [6.07, 6.45) is 8.19. The average molecular weight is 393 g/mol. The summed E-state index contributed by atoms with van der Waals surface area (Å²) in [5, 5.41) is 0. The van der Waals surface area contributed by atoms with Crippen molar-refractivity contribution in [2.45, 2.75) is 70.5 Å². The molecule has 4 heteroatoms. The molecule has 0 aromatic heterocycles. The third-order valence-electron chi connectivity index (χ3n) is 7.45. The standard InChI is InChI=1S/C24H34F2O2/c1-16-2-6-18(7-3-16)21-14-27-24(28-15-21)20-10-11-22(23(26)12-20)19-8-4-17(13-25)5-9-19/h10-12,16-19,21,24H,2-9,13-15H2,1H3. The number of hydrogen-bond acceptors (Lipinski definition) is 2. The lowest BCUT2D eigenvalue weighted by Crippen LogP contribution is -2.34. The molecule has 1 saturated heterocycles.